The molecule has 0 aromatic heterocycles. The first-order chi connectivity index (χ1) is 15.2. The van der Waals surface area contributed by atoms with Gasteiger partial charge >= 0.3 is 27.6 Å². The number of hydrogen-bond donors (Lipinski definition) is 0. The highest BCUT2D eigenvalue weighted by atomic mass is 31.2. The molecule has 6 aliphatic rings. The van der Waals surface area contributed by atoms with Crippen molar-refractivity contribution in [1.82, 2.24) is 0 Å². The fourth-order valence-corrected chi connectivity index (χ4v) is 6.40. The molecule has 0 atom stereocenters. The van der Waals surface area contributed by atoms with Gasteiger partial charge in [0.05, 0.1) is 61.6 Å². The van der Waals surface area contributed by atoms with E-state index < -0.39 is 38.4 Å². The van der Waals surface area contributed by atoms with Crippen molar-refractivity contribution in [1.29, 1.82) is 0 Å². The van der Waals surface area contributed by atoms with Gasteiger partial charge in [-0.05, 0) is 24.3 Å². The molecule has 0 aliphatic carbocycles. The molecule has 0 unspecified atom stereocenters. The number of hydrogen-bond acceptors (Lipinski definition) is 12. The van der Waals surface area contributed by atoms with Gasteiger partial charge in [0.15, 0.2) is 0 Å². The lowest BCUT2D eigenvalue weighted by Crippen LogP contribution is -2.48. The summed E-state index contributed by atoms with van der Waals surface area (Å²) in [4.78, 5) is 24.7. The Kier molecular flexibility index (Phi) is 5.55. The summed E-state index contributed by atoms with van der Waals surface area (Å²) >= 11 is 0. The zero-order valence-corrected chi connectivity index (χ0v) is 18.5. The molecule has 32 heavy (non-hydrogen) atoms. The molecular weight excluding hydrogens is 470 g/mol. The van der Waals surface area contributed by atoms with Crippen LogP contribution >= 0.6 is 15.6 Å². The van der Waals surface area contributed by atoms with Crippen LogP contribution in [0.3, 0.4) is 0 Å². The van der Waals surface area contributed by atoms with Gasteiger partial charge in [-0.2, -0.15) is 0 Å². The van der Waals surface area contributed by atoms with Crippen LogP contribution < -0.4 is 0 Å². The largest absolute Gasteiger partial charge is 0.474 e. The molecule has 0 spiro atoms. The number of phosphoric ester groups is 2. The third-order valence-electron chi connectivity index (χ3n) is 5.55. The van der Waals surface area contributed by atoms with Crippen molar-refractivity contribution in [2.45, 2.75) is 0 Å². The SMILES string of the molecule is O=C(OCC12COP(=O)(OC1)OC2)c1ccc(C(=O)OCC23COP(=O)(OC2)OC3)cc1. The highest BCUT2D eigenvalue weighted by Gasteiger charge is 2.52. The Hall–Kier alpha value is -1.62. The van der Waals surface area contributed by atoms with Crippen molar-refractivity contribution < 1.29 is 55.3 Å². The molecule has 6 fully saturated rings. The smallest absolute Gasteiger partial charge is 0.461 e. The van der Waals surface area contributed by atoms with Crippen LogP contribution in [0.5, 0.6) is 0 Å². The second kappa shape index (κ2) is 8.00. The van der Waals surface area contributed by atoms with Crippen molar-refractivity contribution in [3.05, 3.63) is 35.4 Å². The molecule has 174 valence electrons. The van der Waals surface area contributed by atoms with Crippen molar-refractivity contribution in [3.8, 4) is 0 Å². The predicted octanol–water partition coefficient (Wildman–Crippen LogP) is 2.34. The lowest BCUT2D eigenvalue weighted by atomic mass is 9.92. The molecule has 14 heteroatoms. The van der Waals surface area contributed by atoms with E-state index in [1.54, 1.807) is 0 Å². The van der Waals surface area contributed by atoms with Gasteiger partial charge in [-0.3, -0.25) is 27.1 Å². The maximum absolute atomic E-state index is 12.4. The maximum atomic E-state index is 12.4. The van der Waals surface area contributed by atoms with Crippen LogP contribution in [0.4, 0.5) is 0 Å². The highest BCUT2D eigenvalue weighted by Crippen LogP contribution is 2.60. The van der Waals surface area contributed by atoms with Crippen LogP contribution in [0, 0.1) is 10.8 Å². The van der Waals surface area contributed by atoms with Gasteiger partial charge in [-0.1, -0.05) is 0 Å². The topological polar surface area (TPSA) is 142 Å². The first-order valence-electron chi connectivity index (χ1n) is 9.74. The average Bonchev–Trinajstić information content (AvgIpc) is 2.83. The maximum Gasteiger partial charge on any atom is 0.474 e. The third-order valence-corrected chi connectivity index (χ3v) is 8.22. The minimum absolute atomic E-state index is 0.0309. The Labute approximate surface area is 182 Å². The lowest BCUT2D eigenvalue weighted by molar-refractivity contribution is -0.117. The van der Waals surface area contributed by atoms with E-state index >= 15 is 0 Å². The van der Waals surface area contributed by atoms with E-state index in [2.05, 4.69) is 0 Å². The van der Waals surface area contributed by atoms with Crippen LogP contribution in [0.1, 0.15) is 20.7 Å². The molecule has 6 aliphatic heterocycles. The minimum Gasteiger partial charge on any atom is -0.461 e. The second-order valence-electron chi connectivity index (χ2n) is 8.26. The number of phosphoric acid groups is 2. The van der Waals surface area contributed by atoms with Crippen molar-refractivity contribution in [3.63, 3.8) is 0 Å². The Morgan fingerprint density at radius 2 is 0.938 bits per heavy atom. The summed E-state index contributed by atoms with van der Waals surface area (Å²) < 4.78 is 64.6. The number of carbonyl (C=O) groups excluding carboxylic acids is 2. The number of fused-ring (bicyclic) bond motifs is 6. The summed E-state index contributed by atoms with van der Waals surface area (Å²) in [6, 6.07) is 5.78. The minimum atomic E-state index is -3.43. The van der Waals surface area contributed by atoms with Gasteiger partial charge in [0, 0.05) is 0 Å². The van der Waals surface area contributed by atoms with Crippen molar-refractivity contribution >= 4 is 27.6 Å². The standard InChI is InChI=1S/C18H20O12P2/c19-15(23-5-17-7-25-31(21,26-8-17)27-9-17)13-1-2-14(4-3-13)16(20)24-6-18-10-28-32(22,29-11-18)30-12-18/h1-4H,5-12H2. The quantitative estimate of drug-likeness (QED) is 0.427. The summed E-state index contributed by atoms with van der Waals surface area (Å²) in [5.74, 6) is -1.20. The Balaban J connectivity index is 1.13. The Morgan fingerprint density at radius 1 is 0.656 bits per heavy atom. The van der Waals surface area contributed by atoms with Crippen LogP contribution in [0.15, 0.2) is 24.3 Å². The molecule has 0 saturated carbocycles. The van der Waals surface area contributed by atoms with Gasteiger partial charge in [-0.25, -0.2) is 18.7 Å². The fraction of sp³-hybridized carbons (Fsp3) is 0.556. The van der Waals surface area contributed by atoms with Gasteiger partial charge in [0.2, 0.25) is 0 Å². The van der Waals surface area contributed by atoms with E-state index in [4.69, 9.17) is 36.6 Å². The number of carbonyl (C=O) groups is 2. The van der Waals surface area contributed by atoms with E-state index in [-0.39, 0.29) is 64.0 Å². The summed E-state index contributed by atoms with van der Waals surface area (Å²) in [5.41, 5.74) is -0.924. The second-order valence-corrected chi connectivity index (χ2v) is 11.6. The summed E-state index contributed by atoms with van der Waals surface area (Å²) in [6.07, 6.45) is 0. The number of rotatable bonds is 6. The average molecular weight is 490 g/mol. The van der Waals surface area contributed by atoms with Crippen LogP contribution in [-0.4, -0.2) is 64.8 Å². The highest BCUT2D eigenvalue weighted by molar-refractivity contribution is 7.48. The predicted molar refractivity (Wildman–Crippen MR) is 103 cm³/mol. The first-order valence-corrected chi connectivity index (χ1v) is 12.7. The summed E-state index contributed by atoms with van der Waals surface area (Å²) in [6.45, 7) is 0.620. The van der Waals surface area contributed by atoms with E-state index in [0.717, 1.165) is 0 Å². The van der Waals surface area contributed by atoms with Gasteiger partial charge < -0.3 is 9.47 Å². The van der Waals surface area contributed by atoms with Crippen LogP contribution in [-0.2, 0) is 45.7 Å². The van der Waals surface area contributed by atoms with E-state index in [1.807, 2.05) is 0 Å². The van der Waals surface area contributed by atoms with Gasteiger partial charge in [-0.15, -0.1) is 0 Å². The molecule has 6 heterocycles. The van der Waals surface area contributed by atoms with Crippen molar-refractivity contribution in [2.75, 3.05) is 52.9 Å². The molecule has 7 rings (SSSR count). The molecule has 1 aromatic rings. The van der Waals surface area contributed by atoms with Crippen LogP contribution in [0.2, 0.25) is 0 Å². The number of benzene rings is 1. The molecule has 0 radical (unpaired) electrons. The lowest BCUT2D eigenvalue weighted by Gasteiger charge is -2.43. The van der Waals surface area contributed by atoms with E-state index in [0.29, 0.717) is 0 Å². The molecule has 4 bridgehead atoms. The number of ether oxygens (including phenoxy) is 2. The summed E-state index contributed by atoms with van der Waals surface area (Å²) in [5, 5.41) is 0. The Morgan fingerprint density at radius 3 is 1.22 bits per heavy atom. The van der Waals surface area contributed by atoms with E-state index in [9.17, 15) is 18.7 Å². The molecular formula is C18H20O12P2. The van der Waals surface area contributed by atoms with E-state index in [1.165, 1.54) is 24.3 Å². The van der Waals surface area contributed by atoms with Gasteiger partial charge in [0.1, 0.15) is 13.2 Å². The molecule has 1 aromatic carbocycles. The zero-order chi connectivity index (χ0) is 22.5. The Bertz CT molecular complexity index is 878. The monoisotopic (exact) mass is 490 g/mol. The third kappa shape index (κ3) is 4.30. The normalized spacial score (nSPS) is 37.8. The van der Waals surface area contributed by atoms with Crippen LogP contribution in [0.25, 0.3) is 0 Å². The fourth-order valence-electron chi connectivity index (χ4n) is 3.37. The molecule has 12 nitrogen and oxygen atoms in total. The molecule has 0 amide bonds. The van der Waals surface area contributed by atoms with Gasteiger partial charge in [0.25, 0.3) is 0 Å². The molecule has 6 saturated heterocycles. The number of esters is 2. The zero-order valence-electron chi connectivity index (χ0n) is 16.8. The van der Waals surface area contributed by atoms with Crippen molar-refractivity contribution in [2.24, 2.45) is 10.8 Å². The molecule has 0 N–H and O–H groups in total. The first kappa shape index (κ1) is 22.2. The summed E-state index contributed by atoms with van der Waals surface area (Å²) in [7, 11) is -6.86.